The first-order valence-electron chi connectivity index (χ1n) is 5.18. The van der Waals surface area contributed by atoms with Gasteiger partial charge < -0.3 is 4.90 Å². The van der Waals surface area contributed by atoms with Gasteiger partial charge >= 0.3 is 0 Å². The predicted octanol–water partition coefficient (Wildman–Crippen LogP) is 3.61. The van der Waals surface area contributed by atoms with Crippen molar-refractivity contribution in [1.82, 2.24) is 0 Å². The highest BCUT2D eigenvalue weighted by Crippen LogP contribution is 2.27. The van der Waals surface area contributed by atoms with Gasteiger partial charge in [-0.05, 0) is 26.0 Å². The largest absolute Gasteiger partial charge is 0.364 e. The summed E-state index contributed by atoms with van der Waals surface area (Å²) in [7, 11) is 0. The minimum absolute atomic E-state index is 0.295. The summed E-state index contributed by atoms with van der Waals surface area (Å²) >= 11 is 6.00. The van der Waals surface area contributed by atoms with E-state index in [9.17, 15) is 0 Å². The first-order valence-corrected chi connectivity index (χ1v) is 5.55. The zero-order chi connectivity index (χ0) is 12.1. The highest BCUT2D eigenvalue weighted by atomic mass is 35.5. The van der Waals surface area contributed by atoms with Crippen LogP contribution in [0.25, 0.3) is 0 Å². The van der Waals surface area contributed by atoms with Gasteiger partial charge in [0, 0.05) is 12.6 Å². The molecule has 1 aromatic rings. The van der Waals surface area contributed by atoms with Crippen molar-refractivity contribution < 1.29 is 0 Å². The fourth-order valence-corrected chi connectivity index (χ4v) is 1.80. The van der Waals surface area contributed by atoms with E-state index in [1.165, 1.54) is 0 Å². The lowest BCUT2D eigenvalue weighted by molar-refractivity contribution is 0.722. The summed E-state index contributed by atoms with van der Waals surface area (Å²) in [5, 5.41) is 9.61. The Hall–Kier alpha value is -1.46. The molecule has 0 bridgehead atoms. The van der Waals surface area contributed by atoms with E-state index in [4.69, 9.17) is 16.9 Å². The topological polar surface area (TPSA) is 27.0 Å². The van der Waals surface area contributed by atoms with Gasteiger partial charge in [0.1, 0.15) is 6.07 Å². The van der Waals surface area contributed by atoms with E-state index < -0.39 is 0 Å². The molecule has 0 N–H and O–H groups in total. The Morgan fingerprint density at radius 1 is 1.56 bits per heavy atom. The first-order chi connectivity index (χ1) is 7.61. The van der Waals surface area contributed by atoms with Gasteiger partial charge in [-0.15, -0.1) is 6.58 Å². The minimum Gasteiger partial charge on any atom is -0.364 e. The molecule has 0 unspecified atom stereocenters. The van der Waals surface area contributed by atoms with E-state index in [0.29, 0.717) is 23.2 Å². The van der Waals surface area contributed by atoms with Crippen molar-refractivity contribution >= 4 is 17.3 Å². The molecular weight excluding hydrogens is 220 g/mol. The first kappa shape index (κ1) is 12.6. The van der Waals surface area contributed by atoms with E-state index >= 15 is 0 Å². The number of benzene rings is 1. The molecule has 16 heavy (non-hydrogen) atoms. The van der Waals surface area contributed by atoms with E-state index in [2.05, 4.69) is 31.4 Å². The van der Waals surface area contributed by atoms with Crippen LogP contribution >= 0.6 is 11.6 Å². The van der Waals surface area contributed by atoms with Crippen LogP contribution in [0.2, 0.25) is 5.02 Å². The number of anilines is 1. The van der Waals surface area contributed by atoms with Crippen molar-refractivity contribution in [3.05, 3.63) is 41.4 Å². The third-order valence-corrected chi connectivity index (χ3v) is 2.68. The summed E-state index contributed by atoms with van der Waals surface area (Å²) < 4.78 is 0. The smallest absolute Gasteiger partial charge is 0.103 e. The molecule has 0 radical (unpaired) electrons. The molecule has 2 nitrogen and oxygen atoms in total. The van der Waals surface area contributed by atoms with Gasteiger partial charge in [-0.2, -0.15) is 5.26 Å². The van der Waals surface area contributed by atoms with Crippen molar-refractivity contribution in [1.29, 1.82) is 5.26 Å². The summed E-state index contributed by atoms with van der Waals surface area (Å²) in [6.07, 6.45) is 1.82. The Morgan fingerprint density at radius 3 is 2.75 bits per heavy atom. The van der Waals surface area contributed by atoms with Gasteiger partial charge in [0.25, 0.3) is 0 Å². The zero-order valence-electron chi connectivity index (χ0n) is 9.57. The lowest BCUT2D eigenvalue weighted by Crippen LogP contribution is -2.31. The number of hydrogen-bond donors (Lipinski definition) is 0. The molecule has 0 saturated heterocycles. The van der Waals surface area contributed by atoms with Gasteiger partial charge in [0.15, 0.2) is 0 Å². The Balaban J connectivity index is 3.24. The highest BCUT2D eigenvalue weighted by molar-refractivity contribution is 6.32. The molecule has 1 rings (SSSR count). The van der Waals surface area contributed by atoms with E-state index in [-0.39, 0.29) is 0 Å². The summed E-state index contributed by atoms with van der Waals surface area (Å²) in [4.78, 5) is 2.09. The summed E-state index contributed by atoms with van der Waals surface area (Å²) in [5.41, 5.74) is 1.39. The molecule has 0 fully saturated rings. The molecule has 3 heteroatoms. The number of rotatable bonds is 4. The Kier molecular flexibility index (Phi) is 4.39. The fraction of sp³-hybridized carbons (Fsp3) is 0.308. The summed E-state index contributed by atoms with van der Waals surface area (Å²) in [5.74, 6) is 0. The maximum absolute atomic E-state index is 9.11. The molecule has 0 aliphatic carbocycles. The average Bonchev–Trinajstić information content (AvgIpc) is 2.25. The second-order valence-corrected chi connectivity index (χ2v) is 4.19. The molecule has 0 saturated carbocycles. The van der Waals surface area contributed by atoms with Gasteiger partial charge in [0.2, 0.25) is 0 Å². The second-order valence-electron chi connectivity index (χ2n) is 3.78. The molecule has 0 aliphatic rings. The lowest BCUT2D eigenvalue weighted by Gasteiger charge is -2.28. The molecule has 84 valence electrons. The molecule has 0 atom stereocenters. The Bertz CT molecular complexity index is 418. The third kappa shape index (κ3) is 2.56. The minimum atomic E-state index is 0.295. The van der Waals surface area contributed by atoms with Crippen LogP contribution in [-0.4, -0.2) is 12.6 Å². The van der Waals surface area contributed by atoms with Crippen molar-refractivity contribution in [3.8, 4) is 6.07 Å². The maximum atomic E-state index is 9.11. The molecule has 0 amide bonds. The van der Waals surface area contributed by atoms with Crippen LogP contribution in [0.4, 0.5) is 5.69 Å². The molecule has 0 spiro atoms. The van der Waals surface area contributed by atoms with Crippen LogP contribution in [0.5, 0.6) is 0 Å². The SMILES string of the molecule is C=CCN(c1cccc(Cl)c1C#N)C(C)C. The van der Waals surface area contributed by atoms with E-state index in [1.54, 1.807) is 6.07 Å². The molecular formula is C13H15ClN2. The lowest BCUT2D eigenvalue weighted by atomic mass is 10.1. The number of nitrogens with zero attached hydrogens (tertiary/aromatic N) is 2. The van der Waals surface area contributed by atoms with E-state index in [0.717, 1.165) is 5.69 Å². The summed E-state index contributed by atoms with van der Waals surface area (Å²) in [6.45, 7) is 8.58. The van der Waals surface area contributed by atoms with Crippen molar-refractivity contribution in [3.63, 3.8) is 0 Å². The van der Waals surface area contributed by atoms with Gasteiger partial charge in [-0.3, -0.25) is 0 Å². The number of hydrogen-bond acceptors (Lipinski definition) is 2. The van der Waals surface area contributed by atoms with Crippen LogP contribution in [0.3, 0.4) is 0 Å². The fourth-order valence-electron chi connectivity index (χ4n) is 1.59. The second kappa shape index (κ2) is 5.58. The normalized spacial score (nSPS) is 9.94. The van der Waals surface area contributed by atoms with Crippen LogP contribution in [0.1, 0.15) is 19.4 Å². The monoisotopic (exact) mass is 234 g/mol. The van der Waals surface area contributed by atoms with Crippen LogP contribution < -0.4 is 4.90 Å². The Labute approximate surface area is 102 Å². The van der Waals surface area contributed by atoms with Crippen LogP contribution in [0, 0.1) is 11.3 Å². The van der Waals surface area contributed by atoms with Gasteiger partial charge in [-0.1, -0.05) is 23.7 Å². The number of halogens is 1. The van der Waals surface area contributed by atoms with Crippen molar-refractivity contribution in [2.75, 3.05) is 11.4 Å². The quantitative estimate of drug-likeness (QED) is 0.745. The standard InChI is InChI=1S/C13H15ClN2/c1-4-8-16(10(2)3)13-7-5-6-12(14)11(13)9-15/h4-7,10H,1,8H2,2-3H3. The molecule has 0 heterocycles. The summed E-state index contributed by atoms with van der Waals surface area (Å²) in [6, 6.07) is 7.95. The average molecular weight is 235 g/mol. The molecule has 0 aromatic heterocycles. The third-order valence-electron chi connectivity index (χ3n) is 2.36. The van der Waals surface area contributed by atoms with Gasteiger partial charge in [-0.25, -0.2) is 0 Å². The molecule has 1 aromatic carbocycles. The van der Waals surface area contributed by atoms with Crippen LogP contribution in [-0.2, 0) is 0 Å². The highest BCUT2D eigenvalue weighted by Gasteiger charge is 2.14. The Morgan fingerprint density at radius 2 is 2.25 bits per heavy atom. The van der Waals surface area contributed by atoms with Crippen LogP contribution in [0.15, 0.2) is 30.9 Å². The zero-order valence-corrected chi connectivity index (χ0v) is 10.3. The predicted molar refractivity (Wildman–Crippen MR) is 68.8 cm³/mol. The van der Waals surface area contributed by atoms with Crippen molar-refractivity contribution in [2.45, 2.75) is 19.9 Å². The number of nitriles is 1. The maximum Gasteiger partial charge on any atom is 0.103 e. The van der Waals surface area contributed by atoms with Gasteiger partial charge in [0.05, 0.1) is 16.3 Å². The van der Waals surface area contributed by atoms with E-state index in [1.807, 2.05) is 18.2 Å². The van der Waals surface area contributed by atoms with Crippen molar-refractivity contribution in [2.24, 2.45) is 0 Å². The molecule has 0 aliphatic heterocycles.